The number of hydrogen-bond acceptors (Lipinski definition) is 6. The smallest absolute Gasteiger partial charge is 0.211 e. The summed E-state index contributed by atoms with van der Waals surface area (Å²) in [6.45, 7) is 4.62. The van der Waals surface area contributed by atoms with Crippen LogP contribution in [0, 0.1) is 0 Å². The number of nitrogens with zero attached hydrogens (tertiary/aromatic N) is 2. The van der Waals surface area contributed by atoms with Gasteiger partial charge < -0.3 is 14.2 Å². The highest BCUT2D eigenvalue weighted by molar-refractivity contribution is 7.88. The van der Waals surface area contributed by atoms with Crippen molar-refractivity contribution in [2.45, 2.75) is 19.4 Å². The van der Waals surface area contributed by atoms with Crippen LogP contribution in [0.25, 0.3) is 0 Å². The monoisotopic (exact) mass is 370 g/mol. The van der Waals surface area contributed by atoms with Crippen molar-refractivity contribution in [2.75, 3.05) is 52.8 Å². The van der Waals surface area contributed by atoms with E-state index >= 15 is 0 Å². The maximum absolute atomic E-state index is 11.8. The molecule has 2 heterocycles. The van der Waals surface area contributed by atoms with Crippen molar-refractivity contribution in [2.24, 2.45) is 0 Å². The zero-order valence-corrected chi connectivity index (χ0v) is 15.7. The Balaban J connectivity index is 1.75. The zero-order chi connectivity index (χ0) is 17.9. The van der Waals surface area contributed by atoms with E-state index in [-0.39, 0.29) is 0 Å². The summed E-state index contributed by atoms with van der Waals surface area (Å²) in [7, 11) is -1.48. The third-order valence-electron chi connectivity index (χ3n) is 4.56. The van der Waals surface area contributed by atoms with Crippen LogP contribution in [0.3, 0.4) is 0 Å². The lowest BCUT2D eigenvalue weighted by molar-refractivity contribution is 0.271. The molecule has 0 spiro atoms. The first kappa shape index (κ1) is 18.3. The summed E-state index contributed by atoms with van der Waals surface area (Å²) in [5.74, 6) is 2.24. The second-order valence-corrected chi connectivity index (χ2v) is 8.44. The lowest BCUT2D eigenvalue weighted by atomic mass is 10.1. The fraction of sp³-hybridized carbons (Fsp3) is 0.647. The minimum absolute atomic E-state index is 0.520. The van der Waals surface area contributed by atoms with Crippen molar-refractivity contribution in [3.63, 3.8) is 0 Å². The van der Waals surface area contributed by atoms with Gasteiger partial charge in [-0.15, -0.1) is 0 Å². The quantitative estimate of drug-likeness (QED) is 0.796. The van der Waals surface area contributed by atoms with E-state index in [9.17, 15) is 8.42 Å². The van der Waals surface area contributed by atoms with Gasteiger partial charge in [0.2, 0.25) is 10.0 Å². The summed E-state index contributed by atoms with van der Waals surface area (Å²) >= 11 is 0. The van der Waals surface area contributed by atoms with Gasteiger partial charge in [0.25, 0.3) is 0 Å². The Morgan fingerprint density at radius 2 is 1.76 bits per heavy atom. The molecule has 1 saturated heterocycles. The van der Waals surface area contributed by atoms with E-state index in [1.165, 1.54) is 6.26 Å². The molecule has 2 aliphatic rings. The van der Waals surface area contributed by atoms with E-state index < -0.39 is 10.0 Å². The Hall–Kier alpha value is -1.51. The first-order chi connectivity index (χ1) is 12.0. The van der Waals surface area contributed by atoms with Gasteiger partial charge in [0.05, 0.1) is 26.6 Å². The molecule has 25 heavy (non-hydrogen) atoms. The summed E-state index contributed by atoms with van der Waals surface area (Å²) in [6, 6.07) is 3.87. The lowest BCUT2D eigenvalue weighted by Gasteiger charge is -2.22. The van der Waals surface area contributed by atoms with E-state index in [0.717, 1.165) is 42.2 Å². The average Bonchev–Trinajstić information content (AvgIpc) is 2.93. The van der Waals surface area contributed by atoms with Gasteiger partial charge in [-0.05, 0) is 19.0 Å². The van der Waals surface area contributed by atoms with Gasteiger partial charge in [-0.2, -0.15) is 0 Å². The Bertz CT molecular complexity index is 707. The molecule has 2 aliphatic heterocycles. The number of rotatable bonds is 4. The normalized spacial score (nSPS) is 19.9. The van der Waals surface area contributed by atoms with Gasteiger partial charge >= 0.3 is 0 Å². The highest BCUT2D eigenvalue weighted by Gasteiger charge is 2.23. The Kier molecular flexibility index (Phi) is 5.71. The molecule has 1 fully saturated rings. The second kappa shape index (κ2) is 7.80. The summed E-state index contributed by atoms with van der Waals surface area (Å²) in [5, 5.41) is 0. The number of fused-ring (bicyclic) bond motifs is 1. The van der Waals surface area contributed by atoms with Gasteiger partial charge in [-0.25, -0.2) is 12.7 Å². The van der Waals surface area contributed by atoms with Gasteiger partial charge in [0, 0.05) is 44.2 Å². The van der Waals surface area contributed by atoms with Crippen molar-refractivity contribution >= 4 is 10.0 Å². The molecule has 0 atom stereocenters. The van der Waals surface area contributed by atoms with Crippen LogP contribution in [-0.4, -0.2) is 70.4 Å². The molecule has 0 amide bonds. The van der Waals surface area contributed by atoms with Crippen LogP contribution in [0.1, 0.15) is 18.4 Å². The zero-order valence-electron chi connectivity index (χ0n) is 14.9. The van der Waals surface area contributed by atoms with Crippen LogP contribution in [0.5, 0.6) is 17.2 Å². The molecule has 0 bridgehead atoms. The standard InChI is InChI=1S/C17H26N2O5S/c1-22-15-12-17-16(23-9-4-10-24-17)11-14(15)13-18-5-3-6-19(8-7-18)25(2,20)21/h11-12H,3-10,13H2,1-2H3. The molecule has 0 aromatic heterocycles. The van der Waals surface area contributed by atoms with Crippen LogP contribution >= 0.6 is 0 Å². The molecule has 3 rings (SSSR count). The molecule has 0 saturated carbocycles. The summed E-state index contributed by atoms with van der Waals surface area (Å²) in [5.41, 5.74) is 1.03. The number of ether oxygens (including phenoxy) is 3. The van der Waals surface area contributed by atoms with Crippen LogP contribution in [0.2, 0.25) is 0 Å². The molecule has 7 nitrogen and oxygen atoms in total. The lowest BCUT2D eigenvalue weighted by Crippen LogP contribution is -2.34. The average molecular weight is 370 g/mol. The van der Waals surface area contributed by atoms with Crippen molar-refractivity contribution in [3.05, 3.63) is 17.7 Å². The summed E-state index contributed by atoms with van der Waals surface area (Å²) in [4.78, 5) is 2.26. The highest BCUT2D eigenvalue weighted by Crippen LogP contribution is 2.37. The number of hydrogen-bond donors (Lipinski definition) is 0. The first-order valence-electron chi connectivity index (χ1n) is 8.61. The number of sulfonamides is 1. The third-order valence-corrected chi connectivity index (χ3v) is 5.86. The molecule has 0 N–H and O–H groups in total. The minimum atomic E-state index is -3.13. The third kappa shape index (κ3) is 4.56. The maximum Gasteiger partial charge on any atom is 0.211 e. The van der Waals surface area contributed by atoms with Crippen LogP contribution in [-0.2, 0) is 16.6 Å². The number of methoxy groups -OCH3 is 1. The van der Waals surface area contributed by atoms with Crippen molar-refractivity contribution < 1.29 is 22.6 Å². The fourth-order valence-corrected chi connectivity index (χ4v) is 4.10. The van der Waals surface area contributed by atoms with Crippen LogP contribution in [0.15, 0.2) is 12.1 Å². The van der Waals surface area contributed by atoms with E-state index in [1.54, 1.807) is 11.4 Å². The van der Waals surface area contributed by atoms with E-state index in [1.807, 2.05) is 12.1 Å². The molecule has 140 valence electrons. The van der Waals surface area contributed by atoms with Crippen LogP contribution < -0.4 is 14.2 Å². The van der Waals surface area contributed by atoms with Gasteiger partial charge in [0.1, 0.15) is 5.75 Å². The molecule has 0 radical (unpaired) electrons. The van der Waals surface area contributed by atoms with E-state index in [2.05, 4.69) is 4.90 Å². The molecular weight excluding hydrogens is 344 g/mol. The largest absolute Gasteiger partial charge is 0.496 e. The number of benzene rings is 1. The van der Waals surface area contributed by atoms with Crippen LogP contribution in [0.4, 0.5) is 0 Å². The van der Waals surface area contributed by atoms with Gasteiger partial charge in [-0.3, -0.25) is 4.90 Å². The highest BCUT2D eigenvalue weighted by atomic mass is 32.2. The van der Waals surface area contributed by atoms with Gasteiger partial charge in [-0.1, -0.05) is 0 Å². The van der Waals surface area contributed by atoms with E-state index in [4.69, 9.17) is 14.2 Å². The maximum atomic E-state index is 11.8. The molecular formula is C17H26N2O5S. The predicted molar refractivity (Wildman–Crippen MR) is 94.9 cm³/mol. The molecule has 8 heteroatoms. The first-order valence-corrected chi connectivity index (χ1v) is 10.5. The topological polar surface area (TPSA) is 68.3 Å². The molecule has 1 aromatic carbocycles. The van der Waals surface area contributed by atoms with Gasteiger partial charge in [0.15, 0.2) is 11.5 Å². The molecule has 0 aliphatic carbocycles. The summed E-state index contributed by atoms with van der Waals surface area (Å²) in [6.07, 6.45) is 2.95. The van der Waals surface area contributed by atoms with E-state index in [0.29, 0.717) is 39.4 Å². The molecule has 0 unspecified atom stereocenters. The molecule has 1 aromatic rings. The Morgan fingerprint density at radius 3 is 2.44 bits per heavy atom. The minimum Gasteiger partial charge on any atom is -0.496 e. The van der Waals surface area contributed by atoms with Crippen molar-refractivity contribution in [3.8, 4) is 17.2 Å². The van der Waals surface area contributed by atoms with Crippen molar-refractivity contribution in [1.29, 1.82) is 0 Å². The fourth-order valence-electron chi connectivity index (χ4n) is 3.22. The second-order valence-electron chi connectivity index (χ2n) is 6.45. The Morgan fingerprint density at radius 1 is 1.04 bits per heavy atom. The summed E-state index contributed by atoms with van der Waals surface area (Å²) < 4.78 is 42.1. The van der Waals surface area contributed by atoms with Crippen molar-refractivity contribution in [1.82, 2.24) is 9.21 Å². The Labute approximate surface area is 149 Å². The SMILES string of the molecule is COc1cc2c(cc1CN1CCCN(S(C)(=O)=O)CC1)OCCCO2. The predicted octanol–water partition coefficient (Wildman–Crippen LogP) is 1.32.